The van der Waals surface area contributed by atoms with E-state index in [1.165, 1.54) is 0 Å². The van der Waals surface area contributed by atoms with E-state index in [0.717, 1.165) is 0 Å². The number of amides is 2. The van der Waals surface area contributed by atoms with Crippen molar-refractivity contribution in [2.75, 3.05) is 10.6 Å². The third-order valence-electron chi connectivity index (χ3n) is 3.29. The molecule has 0 atom stereocenters. The zero-order valence-corrected chi connectivity index (χ0v) is 15.4. The fourth-order valence-corrected chi connectivity index (χ4v) is 2.41. The molecule has 25 heavy (non-hydrogen) atoms. The largest absolute Gasteiger partial charge is 0.454 e. The van der Waals surface area contributed by atoms with Crippen molar-refractivity contribution in [2.45, 2.75) is 26.7 Å². The van der Waals surface area contributed by atoms with E-state index in [1.807, 2.05) is 0 Å². The van der Waals surface area contributed by atoms with Crippen LogP contribution in [0.25, 0.3) is 0 Å². The summed E-state index contributed by atoms with van der Waals surface area (Å²) >= 11 is 12.0. The summed E-state index contributed by atoms with van der Waals surface area (Å²) in [6.07, 6.45) is 0.669. The number of halogens is 2. The van der Waals surface area contributed by atoms with Crippen LogP contribution in [0.2, 0.25) is 10.0 Å². The Morgan fingerprint density at radius 2 is 1.56 bits per heavy atom. The summed E-state index contributed by atoms with van der Waals surface area (Å²) in [5.41, 5.74) is 1.000. The molecule has 2 N–H and O–H groups in total. The van der Waals surface area contributed by atoms with Crippen LogP contribution in [0.3, 0.4) is 0 Å². The highest BCUT2D eigenvalue weighted by atomic mass is 35.5. The molecule has 0 bridgehead atoms. The number of carbonyl (C=O) groups is 2. The number of rotatable bonds is 6. The number of hydrogen-bond acceptors (Lipinski definition) is 3. The third kappa shape index (κ3) is 5.37. The lowest BCUT2D eigenvalue weighted by Crippen LogP contribution is -2.12. The van der Waals surface area contributed by atoms with Gasteiger partial charge in [0.1, 0.15) is 5.75 Å². The van der Waals surface area contributed by atoms with Crippen LogP contribution in [0, 0.1) is 0 Å². The van der Waals surface area contributed by atoms with Crippen LogP contribution in [0.15, 0.2) is 36.4 Å². The molecule has 0 aliphatic heterocycles. The van der Waals surface area contributed by atoms with Gasteiger partial charge in [-0.05, 0) is 36.4 Å². The second kappa shape index (κ2) is 8.74. The van der Waals surface area contributed by atoms with Crippen LogP contribution in [0.5, 0.6) is 11.5 Å². The minimum atomic E-state index is -0.175. The molecular formula is C18H18Cl2N2O3. The summed E-state index contributed by atoms with van der Waals surface area (Å²) in [5.74, 6) is 0.511. The number of hydrogen-bond donors (Lipinski definition) is 2. The average molecular weight is 381 g/mol. The predicted molar refractivity (Wildman–Crippen MR) is 101 cm³/mol. The first-order chi connectivity index (χ1) is 11.9. The fourth-order valence-electron chi connectivity index (χ4n) is 1.96. The minimum Gasteiger partial charge on any atom is -0.454 e. The smallest absolute Gasteiger partial charge is 0.224 e. The average Bonchev–Trinajstić information content (AvgIpc) is 2.59. The van der Waals surface area contributed by atoms with Gasteiger partial charge >= 0.3 is 0 Å². The molecule has 7 heteroatoms. The number of ether oxygens (including phenoxy) is 1. The molecule has 0 aliphatic rings. The molecule has 2 amide bonds. The monoisotopic (exact) mass is 380 g/mol. The molecule has 0 radical (unpaired) electrons. The van der Waals surface area contributed by atoms with Gasteiger partial charge in [-0.1, -0.05) is 37.0 Å². The van der Waals surface area contributed by atoms with Gasteiger partial charge in [-0.25, -0.2) is 0 Å². The third-order valence-corrected chi connectivity index (χ3v) is 3.82. The molecule has 2 rings (SSSR count). The lowest BCUT2D eigenvalue weighted by molar-refractivity contribution is -0.116. The van der Waals surface area contributed by atoms with Gasteiger partial charge in [0.25, 0.3) is 0 Å². The highest BCUT2D eigenvalue weighted by Gasteiger charge is 2.12. The summed E-state index contributed by atoms with van der Waals surface area (Å²) in [5, 5.41) is 6.35. The second-order valence-electron chi connectivity index (χ2n) is 5.19. The van der Waals surface area contributed by atoms with Gasteiger partial charge in [0.15, 0.2) is 5.75 Å². The van der Waals surface area contributed by atoms with Gasteiger partial charge in [-0.15, -0.1) is 0 Å². The summed E-state index contributed by atoms with van der Waals surface area (Å²) in [4.78, 5) is 23.4. The fraction of sp³-hybridized carbons (Fsp3) is 0.222. The van der Waals surface area contributed by atoms with Gasteiger partial charge in [0.05, 0.1) is 10.7 Å². The predicted octanol–water partition coefficient (Wildman–Crippen LogP) is 5.48. The maximum atomic E-state index is 11.8. The topological polar surface area (TPSA) is 67.4 Å². The molecule has 2 aromatic carbocycles. The summed E-state index contributed by atoms with van der Waals surface area (Å²) in [6, 6.07) is 9.85. The number of nitrogens with one attached hydrogen (secondary N) is 2. The van der Waals surface area contributed by atoms with E-state index in [-0.39, 0.29) is 11.8 Å². The van der Waals surface area contributed by atoms with Crippen molar-refractivity contribution in [2.24, 2.45) is 0 Å². The van der Waals surface area contributed by atoms with Gasteiger partial charge in [-0.2, -0.15) is 0 Å². The molecule has 0 saturated carbocycles. The van der Waals surface area contributed by atoms with Crippen LogP contribution >= 0.6 is 23.2 Å². The Morgan fingerprint density at radius 1 is 0.920 bits per heavy atom. The molecule has 5 nitrogen and oxygen atoms in total. The van der Waals surface area contributed by atoms with Crippen LogP contribution in [-0.2, 0) is 9.59 Å². The summed E-state index contributed by atoms with van der Waals surface area (Å²) in [6.45, 7) is 3.50. The summed E-state index contributed by atoms with van der Waals surface area (Å²) < 4.78 is 5.81. The Hall–Kier alpha value is -2.24. The quantitative estimate of drug-likeness (QED) is 0.696. The van der Waals surface area contributed by atoms with Gasteiger partial charge in [0.2, 0.25) is 11.8 Å². The SMILES string of the molecule is CCC(=O)Nc1ccc(Oc2ccc(Cl)cc2Cl)c(NC(=O)CC)c1. The van der Waals surface area contributed by atoms with Crippen molar-refractivity contribution in [1.29, 1.82) is 0 Å². The number of anilines is 2. The maximum absolute atomic E-state index is 11.8. The molecule has 2 aromatic rings. The van der Waals surface area contributed by atoms with Crippen molar-refractivity contribution in [3.63, 3.8) is 0 Å². The second-order valence-corrected chi connectivity index (χ2v) is 6.03. The standard InChI is InChI=1S/C18H18Cl2N2O3/c1-3-17(23)21-12-6-8-16(14(10-12)22-18(24)4-2)25-15-7-5-11(19)9-13(15)20/h5-10H,3-4H2,1-2H3,(H,21,23)(H,22,24). The number of carbonyl (C=O) groups excluding carboxylic acids is 2. The highest BCUT2D eigenvalue weighted by molar-refractivity contribution is 6.35. The first-order valence-electron chi connectivity index (χ1n) is 7.79. The van der Waals surface area contributed by atoms with E-state index >= 15 is 0 Å². The van der Waals surface area contributed by atoms with E-state index in [9.17, 15) is 9.59 Å². The van der Waals surface area contributed by atoms with Crippen LogP contribution in [-0.4, -0.2) is 11.8 Å². The molecule has 0 heterocycles. The Bertz CT molecular complexity index is 794. The van der Waals surface area contributed by atoms with Gasteiger partial charge in [-0.3, -0.25) is 9.59 Å². The van der Waals surface area contributed by atoms with Crippen LogP contribution in [0.4, 0.5) is 11.4 Å². The van der Waals surface area contributed by atoms with E-state index in [1.54, 1.807) is 50.2 Å². The molecule has 0 fully saturated rings. The Kier molecular flexibility index (Phi) is 6.67. The molecule has 0 spiro atoms. The molecule has 0 aliphatic carbocycles. The molecule has 0 unspecified atom stereocenters. The van der Waals surface area contributed by atoms with E-state index in [2.05, 4.69) is 10.6 Å². The van der Waals surface area contributed by atoms with Crippen LogP contribution < -0.4 is 15.4 Å². The molecule has 0 aromatic heterocycles. The maximum Gasteiger partial charge on any atom is 0.224 e. The first kappa shape index (κ1) is 19.1. The molecular weight excluding hydrogens is 363 g/mol. The van der Waals surface area contributed by atoms with E-state index in [4.69, 9.17) is 27.9 Å². The van der Waals surface area contributed by atoms with Gasteiger partial charge < -0.3 is 15.4 Å². The first-order valence-corrected chi connectivity index (χ1v) is 8.55. The van der Waals surface area contributed by atoms with Crippen molar-refractivity contribution in [3.8, 4) is 11.5 Å². The Morgan fingerprint density at radius 3 is 2.20 bits per heavy atom. The van der Waals surface area contributed by atoms with Crippen LogP contribution in [0.1, 0.15) is 26.7 Å². The van der Waals surface area contributed by atoms with E-state index < -0.39 is 0 Å². The molecule has 132 valence electrons. The molecule has 0 saturated heterocycles. The lowest BCUT2D eigenvalue weighted by Gasteiger charge is -2.15. The normalized spacial score (nSPS) is 10.2. The van der Waals surface area contributed by atoms with Crippen molar-refractivity contribution >= 4 is 46.4 Å². The number of benzene rings is 2. The van der Waals surface area contributed by atoms with Crippen molar-refractivity contribution < 1.29 is 14.3 Å². The Labute approximate surface area is 156 Å². The summed E-state index contributed by atoms with van der Waals surface area (Å²) in [7, 11) is 0. The van der Waals surface area contributed by atoms with Crippen molar-refractivity contribution in [3.05, 3.63) is 46.4 Å². The van der Waals surface area contributed by atoms with E-state index in [0.29, 0.717) is 45.8 Å². The highest BCUT2D eigenvalue weighted by Crippen LogP contribution is 2.36. The zero-order chi connectivity index (χ0) is 18.4. The lowest BCUT2D eigenvalue weighted by atomic mass is 10.2. The van der Waals surface area contributed by atoms with Gasteiger partial charge in [0, 0.05) is 23.6 Å². The van der Waals surface area contributed by atoms with Crippen molar-refractivity contribution in [1.82, 2.24) is 0 Å². The minimum absolute atomic E-state index is 0.123. The Balaban J connectivity index is 2.34. The zero-order valence-electron chi connectivity index (χ0n) is 13.9.